The van der Waals surface area contributed by atoms with Crippen molar-refractivity contribution < 1.29 is 13.9 Å². The molecule has 2 aromatic carbocycles. The fourth-order valence-corrected chi connectivity index (χ4v) is 3.74. The van der Waals surface area contributed by atoms with Crippen LogP contribution in [0.5, 0.6) is 11.5 Å². The third-order valence-electron chi connectivity index (χ3n) is 4.56. The molecular formula is C25H20FN3O2S. The Balaban J connectivity index is 1.30. The van der Waals surface area contributed by atoms with Gasteiger partial charge in [-0.3, -0.25) is 14.8 Å². The predicted molar refractivity (Wildman–Crippen MR) is 122 cm³/mol. The Labute approximate surface area is 189 Å². The standard InChI is InChI=1S/C25H20FN3O2S/c26-23-13-18(5-10-24(23)31-21-4-2-12-28-16-21)15-29-25(30)20-6-8-22(9-7-20)32-17-19-3-1-11-27-14-19/h1-14,16H,15,17H2,(H,29,30). The summed E-state index contributed by atoms with van der Waals surface area (Å²) in [4.78, 5) is 21.6. The quantitative estimate of drug-likeness (QED) is 0.356. The molecule has 0 bridgehead atoms. The van der Waals surface area contributed by atoms with Gasteiger partial charge in [0.2, 0.25) is 0 Å². The molecule has 1 N–H and O–H groups in total. The van der Waals surface area contributed by atoms with Crippen molar-refractivity contribution in [3.63, 3.8) is 0 Å². The minimum Gasteiger partial charge on any atom is -0.453 e. The smallest absolute Gasteiger partial charge is 0.251 e. The second-order valence-corrected chi connectivity index (χ2v) is 7.96. The Morgan fingerprint density at radius 3 is 2.41 bits per heavy atom. The van der Waals surface area contributed by atoms with Crippen LogP contribution in [0.25, 0.3) is 0 Å². The van der Waals surface area contributed by atoms with Gasteiger partial charge in [0.1, 0.15) is 5.75 Å². The first-order chi connectivity index (χ1) is 15.7. The molecule has 160 valence electrons. The van der Waals surface area contributed by atoms with Gasteiger partial charge in [-0.05, 0) is 65.7 Å². The molecule has 0 unspecified atom stereocenters. The van der Waals surface area contributed by atoms with Crippen molar-refractivity contribution in [1.29, 1.82) is 0 Å². The number of nitrogens with one attached hydrogen (secondary N) is 1. The van der Waals surface area contributed by atoms with E-state index in [-0.39, 0.29) is 18.2 Å². The second-order valence-electron chi connectivity index (χ2n) is 6.91. The number of thioether (sulfide) groups is 1. The van der Waals surface area contributed by atoms with Crippen molar-refractivity contribution in [2.45, 2.75) is 17.2 Å². The summed E-state index contributed by atoms with van der Waals surface area (Å²) < 4.78 is 19.8. The molecule has 0 aliphatic rings. The lowest BCUT2D eigenvalue weighted by Crippen LogP contribution is -2.22. The number of benzene rings is 2. The number of nitrogens with zero attached hydrogens (tertiary/aromatic N) is 2. The van der Waals surface area contributed by atoms with Crippen LogP contribution in [0, 0.1) is 5.82 Å². The fraction of sp³-hybridized carbons (Fsp3) is 0.0800. The van der Waals surface area contributed by atoms with Crippen LogP contribution in [0.3, 0.4) is 0 Å². The van der Waals surface area contributed by atoms with E-state index in [4.69, 9.17) is 4.74 Å². The van der Waals surface area contributed by atoms with Crippen LogP contribution < -0.4 is 10.1 Å². The molecule has 0 saturated carbocycles. The number of hydrogen-bond donors (Lipinski definition) is 1. The molecule has 4 rings (SSSR count). The predicted octanol–water partition coefficient (Wildman–Crippen LogP) is 5.63. The number of aromatic nitrogens is 2. The number of carbonyl (C=O) groups is 1. The van der Waals surface area contributed by atoms with Gasteiger partial charge in [-0.1, -0.05) is 12.1 Å². The van der Waals surface area contributed by atoms with E-state index in [1.165, 1.54) is 18.3 Å². The highest BCUT2D eigenvalue weighted by atomic mass is 32.2. The molecule has 32 heavy (non-hydrogen) atoms. The van der Waals surface area contributed by atoms with E-state index in [2.05, 4.69) is 15.3 Å². The highest BCUT2D eigenvalue weighted by molar-refractivity contribution is 7.98. The molecule has 0 aliphatic heterocycles. The topological polar surface area (TPSA) is 64.1 Å². The third-order valence-corrected chi connectivity index (χ3v) is 5.64. The lowest BCUT2D eigenvalue weighted by atomic mass is 10.2. The van der Waals surface area contributed by atoms with E-state index in [1.807, 2.05) is 30.5 Å². The maximum absolute atomic E-state index is 14.4. The Morgan fingerprint density at radius 2 is 1.72 bits per heavy atom. The van der Waals surface area contributed by atoms with Crippen LogP contribution in [0.4, 0.5) is 4.39 Å². The summed E-state index contributed by atoms with van der Waals surface area (Å²) in [5, 5.41) is 2.82. The number of halogens is 1. The van der Waals surface area contributed by atoms with Crippen molar-refractivity contribution in [2.24, 2.45) is 0 Å². The van der Waals surface area contributed by atoms with Crippen LogP contribution in [0.2, 0.25) is 0 Å². The van der Waals surface area contributed by atoms with Crippen molar-refractivity contribution in [3.8, 4) is 11.5 Å². The van der Waals surface area contributed by atoms with E-state index < -0.39 is 5.82 Å². The highest BCUT2D eigenvalue weighted by Crippen LogP contribution is 2.25. The summed E-state index contributed by atoms with van der Waals surface area (Å²) in [5.41, 5.74) is 2.33. The molecule has 5 nitrogen and oxygen atoms in total. The van der Waals surface area contributed by atoms with Gasteiger partial charge in [0, 0.05) is 41.3 Å². The van der Waals surface area contributed by atoms with Crippen LogP contribution in [-0.2, 0) is 12.3 Å². The molecule has 4 aromatic rings. The van der Waals surface area contributed by atoms with E-state index in [1.54, 1.807) is 54.5 Å². The van der Waals surface area contributed by atoms with Crippen LogP contribution in [0.1, 0.15) is 21.5 Å². The highest BCUT2D eigenvalue weighted by Gasteiger charge is 2.09. The van der Waals surface area contributed by atoms with Gasteiger partial charge in [0.25, 0.3) is 5.91 Å². The Morgan fingerprint density at radius 1 is 0.938 bits per heavy atom. The molecule has 0 radical (unpaired) electrons. The number of ether oxygens (including phenoxy) is 1. The summed E-state index contributed by atoms with van der Waals surface area (Å²) in [6.45, 7) is 0.209. The summed E-state index contributed by atoms with van der Waals surface area (Å²) in [6, 6.07) is 19.4. The average Bonchev–Trinajstić information content (AvgIpc) is 2.84. The minimum atomic E-state index is -0.504. The van der Waals surface area contributed by atoms with Gasteiger partial charge >= 0.3 is 0 Å². The maximum atomic E-state index is 14.4. The Bertz CT molecular complexity index is 1170. The lowest BCUT2D eigenvalue weighted by Gasteiger charge is -2.09. The fourth-order valence-electron chi connectivity index (χ4n) is 2.91. The number of hydrogen-bond acceptors (Lipinski definition) is 5. The summed E-state index contributed by atoms with van der Waals surface area (Å²) in [6.07, 6.45) is 6.72. The SMILES string of the molecule is O=C(NCc1ccc(Oc2cccnc2)c(F)c1)c1ccc(SCc2cccnc2)cc1. The van der Waals surface area contributed by atoms with Gasteiger partial charge < -0.3 is 10.1 Å². The molecule has 2 aromatic heterocycles. The van der Waals surface area contributed by atoms with Crippen LogP contribution >= 0.6 is 11.8 Å². The summed E-state index contributed by atoms with van der Waals surface area (Å²) in [7, 11) is 0. The molecule has 7 heteroatoms. The number of carbonyl (C=O) groups excluding carboxylic acids is 1. The van der Waals surface area contributed by atoms with E-state index in [0.29, 0.717) is 16.9 Å². The largest absolute Gasteiger partial charge is 0.453 e. The van der Waals surface area contributed by atoms with Gasteiger partial charge in [-0.2, -0.15) is 0 Å². The first kappa shape index (κ1) is 21.5. The zero-order valence-electron chi connectivity index (χ0n) is 17.1. The molecule has 2 heterocycles. The van der Waals surface area contributed by atoms with Crippen molar-refractivity contribution in [3.05, 3.63) is 114 Å². The first-order valence-electron chi connectivity index (χ1n) is 9.94. The van der Waals surface area contributed by atoms with Crippen molar-refractivity contribution >= 4 is 17.7 Å². The number of pyridine rings is 2. The van der Waals surface area contributed by atoms with Gasteiger partial charge in [-0.15, -0.1) is 11.8 Å². The van der Waals surface area contributed by atoms with Gasteiger partial charge in [-0.25, -0.2) is 4.39 Å². The monoisotopic (exact) mass is 445 g/mol. The normalized spacial score (nSPS) is 10.5. The maximum Gasteiger partial charge on any atom is 0.251 e. The summed E-state index contributed by atoms with van der Waals surface area (Å²) >= 11 is 1.68. The van der Waals surface area contributed by atoms with Crippen LogP contribution in [-0.4, -0.2) is 15.9 Å². The first-order valence-corrected chi connectivity index (χ1v) is 10.9. The minimum absolute atomic E-state index is 0.104. The Hall–Kier alpha value is -3.71. The van der Waals surface area contributed by atoms with E-state index >= 15 is 0 Å². The summed E-state index contributed by atoms with van der Waals surface area (Å²) in [5.74, 6) is 0.647. The average molecular weight is 446 g/mol. The van der Waals surface area contributed by atoms with Gasteiger partial charge in [0.15, 0.2) is 11.6 Å². The lowest BCUT2D eigenvalue weighted by molar-refractivity contribution is 0.0951. The van der Waals surface area contributed by atoms with Gasteiger partial charge in [0.05, 0.1) is 6.20 Å². The Kier molecular flexibility index (Phi) is 7.09. The van der Waals surface area contributed by atoms with Crippen molar-refractivity contribution in [1.82, 2.24) is 15.3 Å². The van der Waals surface area contributed by atoms with Crippen molar-refractivity contribution in [2.75, 3.05) is 0 Å². The number of amides is 1. The van der Waals surface area contributed by atoms with E-state index in [9.17, 15) is 9.18 Å². The molecule has 0 spiro atoms. The third kappa shape index (κ3) is 5.92. The molecule has 1 amide bonds. The number of rotatable bonds is 8. The zero-order valence-corrected chi connectivity index (χ0v) is 17.9. The molecule has 0 atom stereocenters. The molecule has 0 fully saturated rings. The van der Waals surface area contributed by atoms with E-state index in [0.717, 1.165) is 16.2 Å². The zero-order chi connectivity index (χ0) is 22.2. The molecule has 0 aliphatic carbocycles. The second kappa shape index (κ2) is 10.5. The van der Waals surface area contributed by atoms with Crippen LogP contribution in [0.15, 0.2) is 96.4 Å². The molecule has 0 saturated heterocycles. The molecular weight excluding hydrogens is 425 g/mol.